The van der Waals surface area contributed by atoms with Crippen LogP contribution in [0.5, 0.6) is 11.5 Å². The molecule has 2 rings (SSSR count). The van der Waals surface area contributed by atoms with E-state index in [-0.39, 0.29) is 18.0 Å². The number of amides is 1. The van der Waals surface area contributed by atoms with Crippen LogP contribution in [0.15, 0.2) is 18.2 Å². The second-order valence-electron chi connectivity index (χ2n) is 4.99. The summed E-state index contributed by atoms with van der Waals surface area (Å²) in [5.74, 6) is 1.49. The van der Waals surface area contributed by atoms with Gasteiger partial charge in [0.25, 0.3) is 0 Å². The zero-order valence-corrected chi connectivity index (χ0v) is 12.2. The number of hydrogen-bond donors (Lipinski definition) is 2. The Balaban J connectivity index is 2.08. The fourth-order valence-corrected chi connectivity index (χ4v) is 2.45. The number of nitrogens with one attached hydrogen (secondary N) is 2. The van der Waals surface area contributed by atoms with Crippen LogP contribution in [0.3, 0.4) is 0 Å². The van der Waals surface area contributed by atoms with Crippen LogP contribution in [0.2, 0.25) is 0 Å². The molecular weight excluding hydrogens is 256 g/mol. The number of hydrogen-bond acceptors (Lipinski definition) is 4. The highest BCUT2D eigenvalue weighted by Crippen LogP contribution is 2.30. The molecule has 1 aromatic carbocycles. The molecule has 0 aliphatic carbocycles. The molecule has 1 aromatic rings. The van der Waals surface area contributed by atoms with Crippen molar-refractivity contribution in [1.82, 2.24) is 10.6 Å². The third-order valence-corrected chi connectivity index (χ3v) is 3.64. The van der Waals surface area contributed by atoms with Gasteiger partial charge in [-0.1, -0.05) is 6.07 Å². The number of carbonyl (C=O) groups excluding carboxylic acids is 1. The SMILES string of the molecule is COc1ccc(C(C)NC2CCCNC2=O)cc1OC. The van der Waals surface area contributed by atoms with Gasteiger partial charge in [0, 0.05) is 12.6 Å². The van der Waals surface area contributed by atoms with E-state index in [4.69, 9.17) is 9.47 Å². The fraction of sp³-hybridized carbons (Fsp3) is 0.533. The molecule has 0 radical (unpaired) electrons. The molecule has 2 unspecified atom stereocenters. The number of benzene rings is 1. The van der Waals surface area contributed by atoms with Gasteiger partial charge in [-0.05, 0) is 37.5 Å². The number of carbonyl (C=O) groups is 1. The van der Waals surface area contributed by atoms with Crippen molar-refractivity contribution in [2.45, 2.75) is 31.8 Å². The van der Waals surface area contributed by atoms with Gasteiger partial charge in [-0.2, -0.15) is 0 Å². The fourth-order valence-electron chi connectivity index (χ4n) is 2.45. The van der Waals surface area contributed by atoms with Crippen LogP contribution in [0.4, 0.5) is 0 Å². The van der Waals surface area contributed by atoms with E-state index in [1.54, 1.807) is 14.2 Å². The summed E-state index contributed by atoms with van der Waals surface area (Å²) < 4.78 is 10.5. The molecule has 1 amide bonds. The third-order valence-electron chi connectivity index (χ3n) is 3.64. The summed E-state index contributed by atoms with van der Waals surface area (Å²) in [7, 11) is 3.24. The molecule has 0 spiro atoms. The van der Waals surface area contributed by atoms with Crippen molar-refractivity contribution in [3.8, 4) is 11.5 Å². The topological polar surface area (TPSA) is 59.6 Å². The summed E-state index contributed by atoms with van der Waals surface area (Å²) in [6.07, 6.45) is 1.89. The Morgan fingerprint density at radius 1 is 1.30 bits per heavy atom. The molecule has 1 aliphatic heterocycles. The maximum Gasteiger partial charge on any atom is 0.237 e. The Morgan fingerprint density at radius 2 is 2.05 bits per heavy atom. The minimum absolute atomic E-state index is 0.0728. The minimum Gasteiger partial charge on any atom is -0.493 e. The first kappa shape index (κ1) is 14.7. The Hall–Kier alpha value is -1.75. The van der Waals surface area contributed by atoms with Crippen LogP contribution in [0, 0.1) is 0 Å². The quantitative estimate of drug-likeness (QED) is 0.859. The second kappa shape index (κ2) is 6.61. The Labute approximate surface area is 119 Å². The minimum atomic E-state index is -0.119. The molecule has 1 fully saturated rings. The van der Waals surface area contributed by atoms with Gasteiger partial charge in [0.15, 0.2) is 11.5 Å². The normalized spacial score (nSPS) is 20.1. The van der Waals surface area contributed by atoms with Crippen molar-refractivity contribution in [3.63, 3.8) is 0 Å². The molecule has 1 heterocycles. The lowest BCUT2D eigenvalue weighted by Gasteiger charge is -2.26. The standard InChI is InChI=1S/C15H22N2O3/c1-10(17-12-5-4-8-16-15(12)18)11-6-7-13(19-2)14(9-11)20-3/h6-7,9-10,12,17H,4-5,8H2,1-3H3,(H,16,18). The van der Waals surface area contributed by atoms with E-state index >= 15 is 0 Å². The number of piperidine rings is 1. The molecule has 5 heteroatoms. The molecule has 2 atom stereocenters. The third kappa shape index (κ3) is 3.22. The van der Waals surface area contributed by atoms with Gasteiger partial charge in [-0.15, -0.1) is 0 Å². The van der Waals surface area contributed by atoms with Crippen molar-refractivity contribution < 1.29 is 14.3 Å². The number of ether oxygens (including phenoxy) is 2. The average molecular weight is 278 g/mol. The van der Waals surface area contributed by atoms with Crippen LogP contribution in [-0.2, 0) is 4.79 Å². The summed E-state index contributed by atoms with van der Waals surface area (Å²) in [4.78, 5) is 11.8. The van der Waals surface area contributed by atoms with Crippen LogP contribution in [-0.4, -0.2) is 32.7 Å². The van der Waals surface area contributed by atoms with Crippen molar-refractivity contribution in [2.75, 3.05) is 20.8 Å². The maximum atomic E-state index is 11.8. The summed E-state index contributed by atoms with van der Waals surface area (Å²) >= 11 is 0. The molecule has 1 saturated heterocycles. The maximum absolute atomic E-state index is 11.8. The van der Waals surface area contributed by atoms with Crippen LogP contribution in [0.1, 0.15) is 31.4 Å². The molecule has 1 aliphatic rings. The first-order chi connectivity index (χ1) is 9.65. The van der Waals surface area contributed by atoms with Crippen molar-refractivity contribution in [2.24, 2.45) is 0 Å². The van der Waals surface area contributed by atoms with Crippen molar-refractivity contribution in [3.05, 3.63) is 23.8 Å². The van der Waals surface area contributed by atoms with E-state index in [0.29, 0.717) is 11.5 Å². The van der Waals surface area contributed by atoms with Crippen LogP contribution >= 0.6 is 0 Å². The van der Waals surface area contributed by atoms with Gasteiger partial charge in [-0.3, -0.25) is 10.1 Å². The van der Waals surface area contributed by atoms with Crippen molar-refractivity contribution >= 4 is 5.91 Å². The van der Waals surface area contributed by atoms with Gasteiger partial charge in [0.05, 0.1) is 20.3 Å². The van der Waals surface area contributed by atoms with E-state index in [0.717, 1.165) is 24.9 Å². The zero-order valence-electron chi connectivity index (χ0n) is 12.2. The Kier molecular flexibility index (Phi) is 4.84. The van der Waals surface area contributed by atoms with Gasteiger partial charge in [0.2, 0.25) is 5.91 Å². The summed E-state index contributed by atoms with van der Waals surface area (Å²) in [6, 6.07) is 5.76. The van der Waals surface area contributed by atoms with Gasteiger partial charge in [-0.25, -0.2) is 0 Å². The molecule has 20 heavy (non-hydrogen) atoms. The monoisotopic (exact) mass is 278 g/mol. The highest BCUT2D eigenvalue weighted by molar-refractivity contribution is 5.82. The van der Waals surface area contributed by atoms with E-state index in [1.165, 1.54) is 0 Å². The molecule has 2 N–H and O–H groups in total. The van der Waals surface area contributed by atoms with Crippen LogP contribution < -0.4 is 20.1 Å². The van der Waals surface area contributed by atoms with Gasteiger partial charge in [0.1, 0.15) is 0 Å². The first-order valence-corrected chi connectivity index (χ1v) is 6.91. The van der Waals surface area contributed by atoms with E-state index in [1.807, 2.05) is 25.1 Å². The molecule has 0 bridgehead atoms. The van der Waals surface area contributed by atoms with E-state index in [2.05, 4.69) is 10.6 Å². The Morgan fingerprint density at radius 3 is 2.70 bits per heavy atom. The smallest absolute Gasteiger partial charge is 0.237 e. The summed E-state index contributed by atoms with van der Waals surface area (Å²) in [5, 5.41) is 6.25. The summed E-state index contributed by atoms with van der Waals surface area (Å²) in [5.41, 5.74) is 1.07. The molecular formula is C15H22N2O3. The lowest BCUT2D eigenvalue weighted by molar-refractivity contribution is -0.124. The van der Waals surface area contributed by atoms with Crippen molar-refractivity contribution in [1.29, 1.82) is 0 Å². The Bertz CT molecular complexity index is 476. The molecule has 0 aromatic heterocycles. The van der Waals surface area contributed by atoms with E-state index in [9.17, 15) is 4.79 Å². The number of methoxy groups -OCH3 is 2. The molecule has 0 saturated carbocycles. The number of rotatable bonds is 5. The van der Waals surface area contributed by atoms with Gasteiger partial charge >= 0.3 is 0 Å². The highest BCUT2D eigenvalue weighted by atomic mass is 16.5. The predicted octanol–water partition coefficient (Wildman–Crippen LogP) is 1.63. The van der Waals surface area contributed by atoms with Gasteiger partial charge < -0.3 is 14.8 Å². The zero-order chi connectivity index (χ0) is 14.5. The molecule has 110 valence electrons. The first-order valence-electron chi connectivity index (χ1n) is 6.91. The average Bonchev–Trinajstić information content (AvgIpc) is 2.48. The largest absolute Gasteiger partial charge is 0.493 e. The highest BCUT2D eigenvalue weighted by Gasteiger charge is 2.23. The predicted molar refractivity (Wildman–Crippen MR) is 77.1 cm³/mol. The second-order valence-corrected chi connectivity index (χ2v) is 4.99. The lowest BCUT2D eigenvalue weighted by Crippen LogP contribution is -2.48. The van der Waals surface area contributed by atoms with E-state index < -0.39 is 0 Å². The molecule has 5 nitrogen and oxygen atoms in total. The summed E-state index contributed by atoms with van der Waals surface area (Å²) in [6.45, 7) is 2.82. The van der Waals surface area contributed by atoms with Crippen LogP contribution in [0.25, 0.3) is 0 Å². The lowest BCUT2D eigenvalue weighted by atomic mass is 10.0.